The number of piperidine rings is 1. The van der Waals surface area contributed by atoms with Gasteiger partial charge in [-0.1, -0.05) is 31.2 Å². The van der Waals surface area contributed by atoms with Crippen LogP contribution in [0.2, 0.25) is 0 Å². The third-order valence-electron chi connectivity index (χ3n) is 5.28. The Bertz CT molecular complexity index is 520. The van der Waals surface area contributed by atoms with Crippen LogP contribution < -0.4 is 5.32 Å². The lowest BCUT2D eigenvalue weighted by Crippen LogP contribution is -2.47. The maximum atomic E-state index is 13.1. The molecule has 1 amide bonds. The van der Waals surface area contributed by atoms with Gasteiger partial charge in [0, 0.05) is 12.0 Å². The first-order valence-electron chi connectivity index (χ1n) is 8.19. The Kier molecular flexibility index (Phi) is 4.03. The largest absolute Gasteiger partial charge is 0.335 e. The Balaban J connectivity index is 1.84. The van der Waals surface area contributed by atoms with Gasteiger partial charge < -0.3 is 10.2 Å². The quantitative estimate of drug-likeness (QED) is 0.906. The molecular weight excluding hydrogens is 260 g/mol. The number of amides is 1. The number of benzene rings is 1. The predicted molar refractivity (Wildman–Crippen MR) is 85.1 cm³/mol. The molecule has 21 heavy (non-hydrogen) atoms. The maximum absolute atomic E-state index is 13.1. The van der Waals surface area contributed by atoms with Gasteiger partial charge in [0.2, 0.25) is 5.91 Å². The topological polar surface area (TPSA) is 32.3 Å². The summed E-state index contributed by atoms with van der Waals surface area (Å²) in [4.78, 5) is 15.3. The van der Waals surface area contributed by atoms with Crippen molar-refractivity contribution in [1.29, 1.82) is 0 Å². The van der Waals surface area contributed by atoms with E-state index in [0.717, 1.165) is 45.3 Å². The average Bonchev–Trinajstić information content (AvgIpc) is 2.97. The zero-order valence-electron chi connectivity index (χ0n) is 13.2. The molecule has 2 saturated heterocycles. The third kappa shape index (κ3) is 2.71. The molecule has 114 valence electrons. The van der Waals surface area contributed by atoms with Crippen molar-refractivity contribution in [2.24, 2.45) is 5.41 Å². The molecular formula is C18H26N2O. The van der Waals surface area contributed by atoms with Gasteiger partial charge in [-0.2, -0.15) is 0 Å². The fraction of sp³-hybridized carbons (Fsp3) is 0.611. The van der Waals surface area contributed by atoms with Crippen LogP contribution in [0.25, 0.3) is 0 Å². The van der Waals surface area contributed by atoms with Crippen molar-refractivity contribution >= 4 is 5.91 Å². The third-order valence-corrected chi connectivity index (χ3v) is 5.28. The number of aryl methyl sites for hydroxylation is 1. The van der Waals surface area contributed by atoms with E-state index in [-0.39, 0.29) is 11.5 Å². The molecule has 2 fully saturated rings. The minimum atomic E-state index is -0.170. The Morgan fingerprint density at radius 2 is 2.00 bits per heavy atom. The number of rotatable bonds is 2. The molecule has 1 atom stereocenters. The molecule has 1 aromatic carbocycles. The summed E-state index contributed by atoms with van der Waals surface area (Å²) in [6.07, 6.45) is 4.15. The lowest BCUT2D eigenvalue weighted by Gasteiger charge is -2.38. The lowest BCUT2D eigenvalue weighted by atomic mass is 9.79. The van der Waals surface area contributed by atoms with Crippen LogP contribution in [0.3, 0.4) is 0 Å². The predicted octanol–water partition coefficient (Wildman–Crippen LogP) is 3.05. The summed E-state index contributed by atoms with van der Waals surface area (Å²) in [5.41, 5.74) is 2.47. The first-order valence-corrected chi connectivity index (χ1v) is 8.19. The standard InChI is InChI=1S/C18H26N2O/c1-14-6-3-4-7-15(14)16-8-5-13-20(16)17(21)18(2)9-11-19-12-10-18/h3-4,6-7,16,19H,5,8-13H2,1-2H3. The Labute approximate surface area is 127 Å². The van der Waals surface area contributed by atoms with Gasteiger partial charge in [-0.25, -0.2) is 0 Å². The van der Waals surface area contributed by atoms with Crippen molar-refractivity contribution in [2.75, 3.05) is 19.6 Å². The molecule has 1 N–H and O–H groups in total. The molecule has 2 aliphatic rings. The minimum Gasteiger partial charge on any atom is -0.335 e. The van der Waals surface area contributed by atoms with E-state index in [1.54, 1.807) is 0 Å². The number of nitrogens with one attached hydrogen (secondary N) is 1. The van der Waals surface area contributed by atoms with Crippen LogP contribution in [0.4, 0.5) is 0 Å². The van der Waals surface area contributed by atoms with Crippen LogP contribution in [-0.4, -0.2) is 30.4 Å². The van der Waals surface area contributed by atoms with Crippen molar-refractivity contribution in [3.05, 3.63) is 35.4 Å². The number of nitrogens with zero attached hydrogens (tertiary/aromatic N) is 1. The van der Waals surface area contributed by atoms with E-state index >= 15 is 0 Å². The van der Waals surface area contributed by atoms with Crippen LogP contribution in [0.1, 0.15) is 49.8 Å². The second-order valence-corrected chi connectivity index (χ2v) is 6.82. The van der Waals surface area contributed by atoms with Gasteiger partial charge in [-0.3, -0.25) is 4.79 Å². The molecule has 0 spiro atoms. The van der Waals surface area contributed by atoms with E-state index in [2.05, 4.69) is 48.3 Å². The zero-order valence-corrected chi connectivity index (χ0v) is 13.2. The molecule has 3 heteroatoms. The smallest absolute Gasteiger partial charge is 0.229 e. The van der Waals surface area contributed by atoms with Gasteiger partial charge >= 0.3 is 0 Å². The van der Waals surface area contributed by atoms with Gasteiger partial charge in [0.25, 0.3) is 0 Å². The summed E-state index contributed by atoms with van der Waals surface area (Å²) in [6.45, 7) is 7.16. The molecule has 1 aromatic rings. The highest BCUT2D eigenvalue weighted by Crippen LogP contribution is 2.39. The van der Waals surface area contributed by atoms with Crippen molar-refractivity contribution in [3.8, 4) is 0 Å². The molecule has 3 nitrogen and oxygen atoms in total. The summed E-state index contributed by atoms with van der Waals surface area (Å²) >= 11 is 0. The Morgan fingerprint density at radius 1 is 1.29 bits per heavy atom. The normalized spacial score (nSPS) is 25.0. The van der Waals surface area contributed by atoms with Gasteiger partial charge in [0.05, 0.1) is 6.04 Å². The van der Waals surface area contributed by atoms with Crippen molar-refractivity contribution < 1.29 is 4.79 Å². The number of carbonyl (C=O) groups excluding carboxylic acids is 1. The summed E-state index contributed by atoms with van der Waals surface area (Å²) in [6, 6.07) is 8.80. The first kappa shape index (κ1) is 14.6. The van der Waals surface area contributed by atoms with Crippen molar-refractivity contribution in [2.45, 2.75) is 45.6 Å². The number of carbonyl (C=O) groups is 1. The van der Waals surface area contributed by atoms with E-state index in [4.69, 9.17) is 0 Å². The van der Waals surface area contributed by atoms with E-state index in [9.17, 15) is 4.79 Å². The highest BCUT2D eigenvalue weighted by Gasteiger charge is 2.41. The fourth-order valence-electron chi connectivity index (χ4n) is 3.83. The second kappa shape index (κ2) is 5.80. The SMILES string of the molecule is Cc1ccccc1C1CCCN1C(=O)C1(C)CCNCC1. The summed E-state index contributed by atoms with van der Waals surface area (Å²) < 4.78 is 0. The van der Waals surface area contributed by atoms with Gasteiger partial charge in [-0.15, -0.1) is 0 Å². The molecule has 2 aliphatic heterocycles. The fourth-order valence-corrected chi connectivity index (χ4v) is 3.83. The molecule has 0 aliphatic carbocycles. The lowest BCUT2D eigenvalue weighted by molar-refractivity contribution is -0.143. The monoisotopic (exact) mass is 286 g/mol. The molecule has 0 saturated carbocycles. The average molecular weight is 286 g/mol. The Hall–Kier alpha value is -1.35. The van der Waals surface area contributed by atoms with Gasteiger partial charge in [0.1, 0.15) is 0 Å². The molecule has 0 bridgehead atoms. The summed E-state index contributed by atoms with van der Waals surface area (Å²) in [5, 5.41) is 3.37. The molecule has 0 radical (unpaired) electrons. The zero-order chi connectivity index (χ0) is 14.9. The summed E-state index contributed by atoms with van der Waals surface area (Å²) in [5.74, 6) is 0.370. The molecule has 2 heterocycles. The van der Waals surface area contributed by atoms with Crippen molar-refractivity contribution in [3.63, 3.8) is 0 Å². The first-order chi connectivity index (χ1) is 10.1. The van der Waals surface area contributed by atoms with E-state index < -0.39 is 0 Å². The van der Waals surface area contributed by atoms with Crippen LogP contribution in [0.15, 0.2) is 24.3 Å². The minimum absolute atomic E-state index is 0.170. The number of hydrogen-bond acceptors (Lipinski definition) is 2. The second-order valence-electron chi connectivity index (χ2n) is 6.82. The van der Waals surface area contributed by atoms with E-state index in [1.807, 2.05) is 0 Å². The Morgan fingerprint density at radius 3 is 2.71 bits per heavy atom. The van der Waals surface area contributed by atoms with Crippen LogP contribution in [0, 0.1) is 12.3 Å². The van der Waals surface area contributed by atoms with Crippen LogP contribution in [-0.2, 0) is 4.79 Å². The molecule has 0 aromatic heterocycles. The van der Waals surface area contributed by atoms with Crippen LogP contribution in [0.5, 0.6) is 0 Å². The summed E-state index contributed by atoms with van der Waals surface area (Å²) in [7, 11) is 0. The van der Waals surface area contributed by atoms with Gasteiger partial charge in [-0.05, 0) is 56.8 Å². The van der Waals surface area contributed by atoms with Crippen molar-refractivity contribution in [1.82, 2.24) is 10.2 Å². The van der Waals surface area contributed by atoms with Gasteiger partial charge in [0.15, 0.2) is 0 Å². The van der Waals surface area contributed by atoms with E-state index in [0.29, 0.717) is 5.91 Å². The highest BCUT2D eigenvalue weighted by atomic mass is 16.2. The molecule has 1 unspecified atom stereocenters. The van der Waals surface area contributed by atoms with Crippen LogP contribution >= 0.6 is 0 Å². The number of likely N-dealkylation sites (tertiary alicyclic amines) is 1. The maximum Gasteiger partial charge on any atom is 0.229 e. The molecule has 3 rings (SSSR count). The highest BCUT2D eigenvalue weighted by molar-refractivity contribution is 5.83. The number of hydrogen-bond donors (Lipinski definition) is 1. The van der Waals surface area contributed by atoms with E-state index in [1.165, 1.54) is 11.1 Å².